The summed E-state index contributed by atoms with van der Waals surface area (Å²) in [5.41, 5.74) is 4.78. The lowest BCUT2D eigenvalue weighted by molar-refractivity contribution is 0.246. The second-order valence-corrected chi connectivity index (χ2v) is 5.58. The molecule has 1 fully saturated rings. The normalized spacial score (nSPS) is 14.7. The molecule has 1 aliphatic carbocycles. The number of hydrazine groups is 2. The molecule has 6 heteroatoms. The van der Waals surface area contributed by atoms with Gasteiger partial charge in [0, 0.05) is 5.56 Å². The fourth-order valence-corrected chi connectivity index (χ4v) is 2.77. The molecule has 1 aromatic carbocycles. The van der Waals surface area contributed by atoms with Crippen LogP contribution in [0.5, 0.6) is 0 Å². The maximum absolute atomic E-state index is 11.8. The predicted octanol–water partition coefficient (Wildman–Crippen LogP) is 2.98. The highest BCUT2D eigenvalue weighted by molar-refractivity contribution is 5.94. The summed E-state index contributed by atoms with van der Waals surface area (Å²) in [5.74, 6) is 12.3. The van der Waals surface area contributed by atoms with Crippen LogP contribution in [0.3, 0.4) is 0 Å². The quantitative estimate of drug-likeness (QED) is 0.459. The molecule has 23 heavy (non-hydrogen) atoms. The zero-order chi connectivity index (χ0) is 16.2. The molecule has 0 aliphatic heterocycles. The molecule has 0 bridgehead atoms. The average molecular weight is 312 g/mol. The Bertz CT molecular complexity index is 705. The van der Waals surface area contributed by atoms with Crippen LogP contribution in [0.2, 0.25) is 0 Å². The lowest BCUT2D eigenvalue weighted by Crippen LogP contribution is -2.48. The van der Waals surface area contributed by atoms with Gasteiger partial charge in [0.15, 0.2) is 0 Å². The molecule has 1 aromatic heterocycles. The van der Waals surface area contributed by atoms with E-state index in [-0.39, 0.29) is 0 Å². The summed E-state index contributed by atoms with van der Waals surface area (Å²) in [4.78, 5) is 11.8. The maximum atomic E-state index is 11.8. The summed E-state index contributed by atoms with van der Waals surface area (Å²) in [6.45, 7) is 0. The summed E-state index contributed by atoms with van der Waals surface area (Å²) in [6.07, 6.45) is 8.96. The van der Waals surface area contributed by atoms with E-state index in [1.165, 1.54) is 12.0 Å². The summed E-state index contributed by atoms with van der Waals surface area (Å²) < 4.78 is 5.33. The Labute approximate surface area is 134 Å². The number of nitrogens with zero attached hydrogens (tertiary/aromatic N) is 1. The van der Waals surface area contributed by atoms with Gasteiger partial charge in [-0.25, -0.2) is 21.5 Å². The van der Waals surface area contributed by atoms with E-state index >= 15 is 0 Å². The van der Waals surface area contributed by atoms with Crippen molar-refractivity contribution in [3.63, 3.8) is 0 Å². The topological polar surface area (TPSA) is 97.5 Å². The second kappa shape index (κ2) is 6.68. The summed E-state index contributed by atoms with van der Waals surface area (Å²) in [5, 5.41) is 1.03. The lowest BCUT2D eigenvalue weighted by Gasteiger charge is -2.29. The molecule has 0 spiro atoms. The molecule has 0 radical (unpaired) electrons. The molecule has 0 unspecified atom stereocenters. The first-order valence-electron chi connectivity index (χ1n) is 7.60. The van der Waals surface area contributed by atoms with E-state index < -0.39 is 6.03 Å². The molecule has 120 valence electrons. The highest BCUT2D eigenvalue weighted by Crippen LogP contribution is 2.41. The van der Waals surface area contributed by atoms with Crippen LogP contribution in [-0.4, -0.2) is 6.03 Å². The molecule has 5 N–H and O–H groups in total. The summed E-state index contributed by atoms with van der Waals surface area (Å²) in [7, 11) is 0. The van der Waals surface area contributed by atoms with Crippen molar-refractivity contribution in [2.75, 3.05) is 5.01 Å². The van der Waals surface area contributed by atoms with Crippen molar-refractivity contribution in [3.05, 3.63) is 53.5 Å². The molecular formula is C17H20N4O2. The first-order valence-corrected chi connectivity index (χ1v) is 7.60. The van der Waals surface area contributed by atoms with Gasteiger partial charge >= 0.3 is 6.03 Å². The van der Waals surface area contributed by atoms with Crippen LogP contribution in [0.1, 0.15) is 42.1 Å². The van der Waals surface area contributed by atoms with Crippen molar-refractivity contribution in [1.29, 1.82) is 0 Å². The smallest absolute Gasteiger partial charge is 0.350 e. The van der Waals surface area contributed by atoms with E-state index in [1.807, 2.05) is 30.4 Å². The highest BCUT2D eigenvalue weighted by Gasteiger charge is 2.24. The Morgan fingerprint density at radius 2 is 2.09 bits per heavy atom. The zero-order valence-electron chi connectivity index (χ0n) is 12.7. The standard InChI is InChI=1S/C17H20N4O2/c18-20-17(22)21(19)16-8-2-7-14(12-4-1-5-12)15(16)10-9-13-6-3-11-23-13/h2-3,6-12H,1,4-5,18-19H2,(H,20,22)/b10-9+. The fourth-order valence-electron chi connectivity index (χ4n) is 2.77. The Morgan fingerprint density at radius 1 is 1.26 bits per heavy atom. The molecule has 0 atom stereocenters. The van der Waals surface area contributed by atoms with Crippen LogP contribution in [0.4, 0.5) is 10.5 Å². The van der Waals surface area contributed by atoms with Crippen LogP contribution >= 0.6 is 0 Å². The lowest BCUT2D eigenvalue weighted by atomic mass is 9.78. The largest absolute Gasteiger partial charge is 0.465 e. The number of amides is 2. The molecule has 1 aliphatic rings. The number of hydrogen-bond donors (Lipinski definition) is 3. The van der Waals surface area contributed by atoms with E-state index in [9.17, 15) is 4.79 Å². The zero-order valence-corrected chi connectivity index (χ0v) is 12.7. The number of rotatable bonds is 4. The third-order valence-corrected chi connectivity index (χ3v) is 4.22. The van der Waals surface area contributed by atoms with Crippen molar-refractivity contribution < 1.29 is 9.21 Å². The van der Waals surface area contributed by atoms with Crippen LogP contribution in [0, 0.1) is 0 Å². The average Bonchev–Trinajstić information content (AvgIpc) is 3.03. The number of carbonyl (C=O) groups is 1. The molecule has 3 rings (SSSR count). The number of nitrogens with one attached hydrogen (secondary N) is 1. The van der Waals surface area contributed by atoms with Gasteiger partial charge in [-0.15, -0.1) is 0 Å². The Kier molecular flexibility index (Phi) is 4.45. The van der Waals surface area contributed by atoms with Crippen LogP contribution < -0.4 is 22.1 Å². The Hall–Kier alpha value is -2.57. The Balaban J connectivity index is 2.02. The summed E-state index contributed by atoms with van der Waals surface area (Å²) >= 11 is 0. The SMILES string of the molecule is NNC(=O)N(N)c1cccc(C2CCC2)c1/C=C/c1ccco1. The number of carbonyl (C=O) groups excluding carboxylic acids is 1. The second-order valence-electron chi connectivity index (χ2n) is 5.58. The van der Waals surface area contributed by atoms with Gasteiger partial charge in [-0.2, -0.15) is 0 Å². The minimum Gasteiger partial charge on any atom is -0.465 e. The van der Waals surface area contributed by atoms with Crippen molar-refractivity contribution in [3.8, 4) is 0 Å². The number of hydrogen-bond acceptors (Lipinski definition) is 4. The highest BCUT2D eigenvalue weighted by atomic mass is 16.3. The molecule has 2 amide bonds. The van der Waals surface area contributed by atoms with Gasteiger partial charge in [0.05, 0.1) is 12.0 Å². The van der Waals surface area contributed by atoms with Crippen LogP contribution in [-0.2, 0) is 0 Å². The van der Waals surface area contributed by atoms with Crippen molar-refractivity contribution >= 4 is 23.9 Å². The molecular weight excluding hydrogens is 292 g/mol. The minimum absolute atomic E-state index is 0.500. The van der Waals surface area contributed by atoms with Crippen LogP contribution in [0.25, 0.3) is 12.2 Å². The van der Waals surface area contributed by atoms with Gasteiger partial charge in [0.2, 0.25) is 0 Å². The van der Waals surface area contributed by atoms with E-state index in [4.69, 9.17) is 16.1 Å². The first-order chi connectivity index (χ1) is 11.2. The Morgan fingerprint density at radius 3 is 2.70 bits per heavy atom. The minimum atomic E-state index is -0.566. The number of nitrogens with two attached hydrogens (primary N) is 2. The molecule has 2 aromatic rings. The number of furan rings is 1. The van der Waals surface area contributed by atoms with Crippen LogP contribution in [0.15, 0.2) is 41.0 Å². The number of benzene rings is 1. The molecule has 1 heterocycles. The maximum Gasteiger partial charge on any atom is 0.350 e. The number of anilines is 1. The van der Waals surface area contributed by atoms with E-state index in [2.05, 4.69) is 11.5 Å². The fraction of sp³-hybridized carbons (Fsp3) is 0.235. The van der Waals surface area contributed by atoms with Crippen molar-refractivity contribution in [2.24, 2.45) is 11.7 Å². The van der Waals surface area contributed by atoms with Gasteiger partial charge < -0.3 is 4.42 Å². The van der Waals surface area contributed by atoms with E-state index in [0.29, 0.717) is 11.6 Å². The first kappa shape index (κ1) is 15.3. The van der Waals surface area contributed by atoms with Crippen molar-refractivity contribution in [2.45, 2.75) is 25.2 Å². The number of urea groups is 1. The molecule has 1 saturated carbocycles. The molecule has 0 saturated heterocycles. The van der Waals surface area contributed by atoms with Gasteiger partial charge in [-0.1, -0.05) is 18.6 Å². The third-order valence-electron chi connectivity index (χ3n) is 4.22. The van der Waals surface area contributed by atoms with Gasteiger partial charge in [0.25, 0.3) is 0 Å². The van der Waals surface area contributed by atoms with E-state index in [1.54, 1.807) is 12.3 Å². The predicted molar refractivity (Wildman–Crippen MR) is 90.1 cm³/mol. The molecule has 6 nitrogen and oxygen atoms in total. The van der Waals surface area contributed by atoms with Gasteiger partial charge in [-0.05, 0) is 54.7 Å². The monoisotopic (exact) mass is 312 g/mol. The van der Waals surface area contributed by atoms with Gasteiger partial charge in [-0.3, -0.25) is 5.43 Å². The third kappa shape index (κ3) is 3.13. The summed E-state index contributed by atoms with van der Waals surface area (Å²) in [6, 6.07) is 8.94. The van der Waals surface area contributed by atoms with Crippen molar-refractivity contribution in [1.82, 2.24) is 5.43 Å². The van der Waals surface area contributed by atoms with Gasteiger partial charge in [0.1, 0.15) is 5.76 Å². The van der Waals surface area contributed by atoms with E-state index in [0.717, 1.165) is 29.2 Å².